The van der Waals surface area contributed by atoms with Crippen molar-refractivity contribution < 1.29 is 46.6 Å². The molecule has 0 aromatic heterocycles. The van der Waals surface area contributed by atoms with Crippen LogP contribution in [0.25, 0.3) is 10.6 Å². The fourth-order valence-corrected chi connectivity index (χ4v) is 0.312. The summed E-state index contributed by atoms with van der Waals surface area (Å²) < 4.78 is 0. The third-order valence-corrected chi connectivity index (χ3v) is 1.17. The molecule has 0 aliphatic heterocycles. The molecule has 0 atom stereocenters. The van der Waals surface area contributed by atoms with Gasteiger partial charge in [0.25, 0.3) is 0 Å². The third-order valence-electron chi connectivity index (χ3n) is 1.17. The van der Waals surface area contributed by atoms with Crippen LogP contribution in [0, 0.1) is 14.4 Å². The summed E-state index contributed by atoms with van der Waals surface area (Å²) in [6.45, 7) is 5.98. The number of nitrogens with one attached hydrogen (secondary N) is 1. The van der Waals surface area contributed by atoms with Crippen molar-refractivity contribution >= 4 is 0 Å². The molecule has 0 saturated heterocycles. The molecule has 0 radical (unpaired) electrons. The van der Waals surface area contributed by atoms with Gasteiger partial charge in [-0.1, -0.05) is 0 Å². The second kappa shape index (κ2) is 58.8. The van der Waals surface area contributed by atoms with Gasteiger partial charge in [0, 0.05) is 26.4 Å². The maximum absolute atomic E-state index is 8.00. The Morgan fingerprint density at radius 2 is 1.19 bits per heavy atom. The molecular weight excluding hydrogens is 353 g/mol. The van der Waals surface area contributed by atoms with E-state index in [0.717, 1.165) is 0 Å². The van der Waals surface area contributed by atoms with Crippen LogP contribution in [0.4, 0.5) is 0 Å². The van der Waals surface area contributed by atoms with Crippen LogP contribution in [0.5, 0.6) is 0 Å². The van der Waals surface area contributed by atoms with Crippen LogP contribution in [-0.2, 0) is 26.2 Å². The maximum atomic E-state index is 8.00. The third kappa shape index (κ3) is 123. The summed E-state index contributed by atoms with van der Waals surface area (Å²) >= 11 is 0. The molecule has 0 spiro atoms. The zero-order chi connectivity index (χ0) is 15.8. The minimum absolute atomic E-state index is 0. The Labute approximate surface area is 150 Å². The van der Waals surface area contributed by atoms with E-state index in [0.29, 0.717) is 26.1 Å². The van der Waals surface area contributed by atoms with Crippen molar-refractivity contribution in [2.24, 2.45) is 0 Å². The van der Waals surface area contributed by atoms with Crippen molar-refractivity contribution in [1.29, 1.82) is 0 Å². The molecule has 0 aromatic carbocycles. The molecule has 0 amide bonds. The number of aliphatic hydroxyl groups excluding tert-OH is 4. The smallest absolute Gasteiger partial charge is 0.663 e. The van der Waals surface area contributed by atoms with Crippen LogP contribution < -0.4 is 5.32 Å². The first kappa shape index (κ1) is 37.7. The standard InChI is InChI=1S/C3H9NO.2C3H8NO.C3H7O.CH3.Zr/c3*1-4-2-3-5;1-2-3-4;;/h4-5H,2-3H2,1H3;2*5H,2-3H2,1H3;4H,1-3H2;1H3;/q;4*-1;+4. The van der Waals surface area contributed by atoms with Crippen molar-refractivity contribution in [2.45, 2.75) is 6.42 Å². The molecule has 7 nitrogen and oxygen atoms in total. The van der Waals surface area contributed by atoms with Gasteiger partial charge in [-0.25, -0.2) is 0 Å². The molecule has 0 unspecified atom stereocenters. The number of hydrogen-bond acceptors (Lipinski definition) is 5. The Morgan fingerprint density at radius 1 is 0.857 bits per heavy atom. The summed E-state index contributed by atoms with van der Waals surface area (Å²) in [7, 11) is 5.16. The largest absolute Gasteiger partial charge is 4.00 e. The van der Waals surface area contributed by atoms with Crippen LogP contribution >= 0.6 is 0 Å². The van der Waals surface area contributed by atoms with E-state index in [1.165, 1.54) is 0 Å². The van der Waals surface area contributed by atoms with Gasteiger partial charge in [-0.2, -0.15) is 20.5 Å². The van der Waals surface area contributed by atoms with Crippen molar-refractivity contribution in [3.63, 3.8) is 0 Å². The number of hydrogen-bond donors (Lipinski definition) is 5. The molecule has 130 valence electrons. The summed E-state index contributed by atoms with van der Waals surface area (Å²) in [5.41, 5.74) is 0. The average molecular weight is 389 g/mol. The van der Waals surface area contributed by atoms with E-state index in [2.05, 4.69) is 22.9 Å². The molecule has 0 fully saturated rings. The van der Waals surface area contributed by atoms with Gasteiger partial charge >= 0.3 is 26.2 Å². The normalized spacial score (nSPS) is 7.43. The zero-order valence-electron chi connectivity index (χ0n) is 14.0. The molecule has 0 saturated carbocycles. The van der Waals surface area contributed by atoms with E-state index in [-0.39, 0.29) is 60.1 Å². The van der Waals surface area contributed by atoms with Gasteiger partial charge in [0.1, 0.15) is 0 Å². The molecule has 0 rings (SSSR count). The van der Waals surface area contributed by atoms with Crippen LogP contribution in [0.2, 0.25) is 0 Å². The Hall–Kier alpha value is 0.603. The Bertz CT molecular complexity index is 85.2. The minimum Gasteiger partial charge on any atom is -0.663 e. The first-order chi connectivity index (χ1) is 9.16. The predicted molar refractivity (Wildman–Crippen MR) is 87.0 cm³/mol. The summed E-state index contributed by atoms with van der Waals surface area (Å²) in [6.07, 6.45) is 0.625. The summed E-state index contributed by atoms with van der Waals surface area (Å²) in [5, 5.41) is 41.7. The molecule has 0 bridgehead atoms. The van der Waals surface area contributed by atoms with Crippen LogP contribution in [0.1, 0.15) is 6.42 Å². The second-order valence-corrected chi connectivity index (χ2v) is 2.93. The van der Waals surface area contributed by atoms with E-state index in [4.69, 9.17) is 20.4 Å². The van der Waals surface area contributed by atoms with Crippen LogP contribution in [0.15, 0.2) is 0 Å². The van der Waals surface area contributed by atoms with E-state index < -0.39 is 0 Å². The molecule has 21 heavy (non-hydrogen) atoms. The predicted octanol–water partition coefficient (Wildman–Crippen LogP) is -0.187. The van der Waals surface area contributed by atoms with Gasteiger partial charge in [0.05, 0.1) is 6.61 Å². The molecule has 0 aliphatic rings. The number of nitrogens with zero attached hydrogens (tertiary/aromatic N) is 2. The average Bonchev–Trinajstić information content (AvgIpc) is 2.43. The van der Waals surface area contributed by atoms with Gasteiger partial charge in [-0.3, -0.25) is 0 Å². The first-order valence-electron chi connectivity index (χ1n) is 6.15. The fraction of sp³-hybridized carbons (Fsp3) is 0.846. The van der Waals surface area contributed by atoms with Crippen LogP contribution in [0.3, 0.4) is 0 Å². The Kier molecular flexibility index (Phi) is 105. The minimum atomic E-state index is 0. The summed E-state index contributed by atoms with van der Waals surface area (Å²) in [6, 6.07) is 0. The summed E-state index contributed by atoms with van der Waals surface area (Å²) in [4.78, 5) is 0. The van der Waals surface area contributed by atoms with Crippen LogP contribution in [-0.4, -0.2) is 87.6 Å². The van der Waals surface area contributed by atoms with E-state index in [1.807, 2.05) is 0 Å². The monoisotopic (exact) mass is 387 g/mol. The Morgan fingerprint density at radius 3 is 1.19 bits per heavy atom. The number of rotatable bonds is 7. The second-order valence-electron chi connectivity index (χ2n) is 2.93. The van der Waals surface area contributed by atoms with Gasteiger partial charge < -0.3 is 50.7 Å². The fourth-order valence-electron chi connectivity index (χ4n) is 0.312. The van der Waals surface area contributed by atoms with Gasteiger partial charge in [-0.05, 0) is 7.05 Å². The van der Waals surface area contributed by atoms with Crippen molar-refractivity contribution in [3.8, 4) is 0 Å². The van der Waals surface area contributed by atoms with Crippen molar-refractivity contribution in [1.82, 2.24) is 5.32 Å². The van der Waals surface area contributed by atoms with E-state index >= 15 is 0 Å². The quantitative estimate of drug-likeness (QED) is 0.387. The molecular formula is C13H35N3O4Zr. The van der Waals surface area contributed by atoms with E-state index in [9.17, 15) is 0 Å². The molecule has 0 aromatic rings. The summed E-state index contributed by atoms with van der Waals surface area (Å²) in [5.74, 6) is 0. The maximum Gasteiger partial charge on any atom is 4.00 e. The van der Waals surface area contributed by atoms with Gasteiger partial charge in [0.15, 0.2) is 0 Å². The molecule has 0 heterocycles. The van der Waals surface area contributed by atoms with Gasteiger partial charge in [0.2, 0.25) is 0 Å². The topological polar surface area (TPSA) is 121 Å². The van der Waals surface area contributed by atoms with Gasteiger partial charge in [-0.15, -0.1) is 13.1 Å². The molecule has 0 aliphatic carbocycles. The first-order valence-corrected chi connectivity index (χ1v) is 6.15. The SMILES string of the molecule is CNCCO.C[N-]CCO.C[N-]CCO.[CH2-]CCO.[CH3-].[Zr+4]. The number of likely N-dealkylation sites (N-methyl/N-ethyl adjacent to an activating group) is 3. The van der Waals surface area contributed by atoms with Crippen molar-refractivity contribution in [2.75, 3.05) is 67.2 Å². The van der Waals surface area contributed by atoms with E-state index in [1.54, 1.807) is 21.1 Å². The zero-order valence-corrected chi connectivity index (χ0v) is 16.5. The molecule has 8 heteroatoms. The number of aliphatic hydroxyl groups is 4. The Balaban J connectivity index is -0.0000000347. The van der Waals surface area contributed by atoms with Crippen molar-refractivity contribution in [3.05, 3.63) is 25.0 Å². The molecule has 5 N–H and O–H groups in total.